The van der Waals surface area contributed by atoms with E-state index >= 15 is 0 Å². The van der Waals surface area contributed by atoms with E-state index < -0.39 is 11.8 Å². The number of rotatable bonds is 8. The van der Waals surface area contributed by atoms with Crippen molar-refractivity contribution in [1.29, 1.82) is 0 Å². The predicted octanol–water partition coefficient (Wildman–Crippen LogP) is 4.99. The predicted molar refractivity (Wildman–Crippen MR) is 143 cm³/mol. The van der Waals surface area contributed by atoms with Gasteiger partial charge in [-0.15, -0.1) is 0 Å². The number of hydrogen-bond acceptors (Lipinski definition) is 6. The Morgan fingerprint density at radius 2 is 1.21 bits per heavy atom. The average molecular weight is 512 g/mol. The van der Waals surface area contributed by atoms with Gasteiger partial charge < -0.3 is 20.1 Å². The largest absolute Gasteiger partial charge is 0.493 e. The van der Waals surface area contributed by atoms with E-state index in [0.29, 0.717) is 45.1 Å². The van der Waals surface area contributed by atoms with Crippen LogP contribution in [0.25, 0.3) is 11.1 Å². The molecular weight excluding hydrogens is 486 g/mol. The van der Waals surface area contributed by atoms with Gasteiger partial charge in [-0.3, -0.25) is 19.6 Å². The zero-order valence-electron chi connectivity index (χ0n) is 20.6. The monoisotopic (exact) mass is 511 g/mol. The molecule has 3 amide bonds. The summed E-state index contributed by atoms with van der Waals surface area (Å²) in [4.78, 5) is 37.9. The summed E-state index contributed by atoms with van der Waals surface area (Å²) in [7, 11) is 2.99. The van der Waals surface area contributed by atoms with Crippen molar-refractivity contribution < 1.29 is 29.1 Å². The molecule has 4 N–H and O–H groups in total. The van der Waals surface area contributed by atoms with E-state index in [-0.39, 0.29) is 11.5 Å². The minimum atomic E-state index is -0.643. The number of hydroxylamine groups is 1. The standard InChI is InChI=1S/C29H25N3O6/c1-37-25-13-12-20(17-26(25)38-2)27(33)31-24-15-21(18-8-10-19(11-9-18)29(35)32-36)14-22(16-24)28(34)30-23-6-4-3-5-7-23/h3-17,36H,1-2H3,(H,30,34)(H,31,33)(H,32,35). The van der Waals surface area contributed by atoms with E-state index in [1.807, 2.05) is 18.2 Å². The molecule has 4 rings (SSSR count). The first kappa shape index (κ1) is 25.9. The second kappa shape index (κ2) is 11.7. The molecule has 0 aromatic heterocycles. The summed E-state index contributed by atoms with van der Waals surface area (Å²) in [6.07, 6.45) is 0. The van der Waals surface area contributed by atoms with Crippen molar-refractivity contribution in [3.05, 3.63) is 108 Å². The molecule has 0 aliphatic rings. The Bertz CT molecular complexity index is 1470. The van der Waals surface area contributed by atoms with Gasteiger partial charge >= 0.3 is 0 Å². The molecule has 0 heterocycles. The van der Waals surface area contributed by atoms with Gasteiger partial charge in [-0.2, -0.15) is 0 Å². The quantitative estimate of drug-likeness (QED) is 0.195. The van der Waals surface area contributed by atoms with Crippen LogP contribution in [-0.2, 0) is 0 Å². The zero-order chi connectivity index (χ0) is 27.1. The topological polar surface area (TPSA) is 126 Å². The van der Waals surface area contributed by atoms with E-state index in [2.05, 4.69) is 10.6 Å². The molecule has 0 saturated carbocycles. The summed E-state index contributed by atoms with van der Waals surface area (Å²) in [5.74, 6) is -0.521. The van der Waals surface area contributed by atoms with E-state index in [1.165, 1.54) is 14.2 Å². The van der Waals surface area contributed by atoms with Crippen LogP contribution in [0, 0.1) is 0 Å². The van der Waals surface area contributed by atoms with E-state index in [1.54, 1.807) is 78.3 Å². The summed E-state index contributed by atoms with van der Waals surface area (Å²) >= 11 is 0. The molecular formula is C29H25N3O6. The third kappa shape index (κ3) is 5.97. The number of amides is 3. The number of methoxy groups -OCH3 is 2. The van der Waals surface area contributed by atoms with Crippen LogP contribution in [0.4, 0.5) is 11.4 Å². The Kier molecular flexibility index (Phi) is 8.00. The number of carbonyl (C=O) groups is 3. The first-order valence-electron chi connectivity index (χ1n) is 11.5. The van der Waals surface area contributed by atoms with Crippen molar-refractivity contribution in [2.75, 3.05) is 24.9 Å². The minimum Gasteiger partial charge on any atom is -0.493 e. The highest BCUT2D eigenvalue weighted by Gasteiger charge is 2.15. The van der Waals surface area contributed by atoms with Gasteiger partial charge in [0, 0.05) is 28.1 Å². The van der Waals surface area contributed by atoms with Crippen molar-refractivity contribution in [3.8, 4) is 22.6 Å². The van der Waals surface area contributed by atoms with Crippen molar-refractivity contribution in [1.82, 2.24) is 5.48 Å². The Labute approximate surface area is 219 Å². The molecule has 0 aliphatic heterocycles. The molecule has 0 saturated heterocycles. The van der Waals surface area contributed by atoms with Crippen LogP contribution in [0.3, 0.4) is 0 Å². The molecule has 0 bridgehead atoms. The fourth-order valence-electron chi connectivity index (χ4n) is 3.78. The molecule has 0 fully saturated rings. The third-order valence-corrected chi connectivity index (χ3v) is 5.71. The van der Waals surface area contributed by atoms with Crippen molar-refractivity contribution in [3.63, 3.8) is 0 Å². The Morgan fingerprint density at radius 3 is 1.87 bits per heavy atom. The van der Waals surface area contributed by atoms with Gasteiger partial charge in [0.15, 0.2) is 11.5 Å². The van der Waals surface area contributed by atoms with Crippen LogP contribution in [0.15, 0.2) is 91.0 Å². The smallest absolute Gasteiger partial charge is 0.274 e. The third-order valence-electron chi connectivity index (χ3n) is 5.71. The SMILES string of the molecule is COc1ccc(C(=O)Nc2cc(C(=O)Nc3ccccc3)cc(-c3ccc(C(=O)NO)cc3)c2)cc1OC. The van der Waals surface area contributed by atoms with Gasteiger partial charge in [0.1, 0.15) is 0 Å². The number of carbonyl (C=O) groups excluding carboxylic acids is 3. The molecule has 9 nitrogen and oxygen atoms in total. The Balaban J connectivity index is 1.69. The van der Waals surface area contributed by atoms with Crippen LogP contribution < -0.4 is 25.6 Å². The summed E-state index contributed by atoms with van der Waals surface area (Å²) in [5.41, 5.74) is 4.83. The molecule has 4 aromatic rings. The number of ether oxygens (including phenoxy) is 2. The lowest BCUT2D eigenvalue weighted by molar-refractivity contribution is 0.0706. The number of hydrogen-bond donors (Lipinski definition) is 4. The number of para-hydroxylation sites is 1. The van der Waals surface area contributed by atoms with Crippen LogP contribution in [0.1, 0.15) is 31.1 Å². The first-order valence-corrected chi connectivity index (χ1v) is 11.5. The van der Waals surface area contributed by atoms with Crippen molar-refractivity contribution in [2.24, 2.45) is 0 Å². The van der Waals surface area contributed by atoms with Crippen molar-refractivity contribution in [2.45, 2.75) is 0 Å². The average Bonchev–Trinajstić information content (AvgIpc) is 2.96. The molecule has 0 atom stereocenters. The van der Waals surface area contributed by atoms with Gasteiger partial charge in [-0.25, -0.2) is 5.48 Å². The molecule has 9 heteroatoms. The lowest BCUT2D eigenvalue weighted by Crippen LogP contribution is -2.18. The van der Waals surface area contributed by atoms with E-state index in [9.17, 15) is 14.4 Å². The normalized spacial score (nSPS) is 10.3. The first-order chi connectivity index (χ1) is 18.4. The van der Waals surface area contributed by atoms with Crippen LogP contribution in [-0.4, -0.2) is 37.1 Å². The minimum absolute atomic E-state index is 0.260. The lowest BCUT2D eigenvalue weighted by atomic mass is 10.00. The molecule has 38 heavy (non-hydrogen) atoms. The van der Waals surface area contributed by atoms with E-state index in [0.717, 1.165) is 0 Å². The lowest BCUT2D eigenvalue weighted by Gasteiger charge is -2.13. The maximum absolute atomic E-state index is 13.1. The highest BCUT2D eigenvalue weighted by molar-refractivity contribution is 6.08. The van der Waals surface area contributed by atoms with Crippen LogP contribution in [0.2, 0.25) is 0 Å². The van der Waals surface area contributed by atoms with E-state index in [4.69, 9.17) is 14.7 Å². The number of nitrogens with one attached hydrogen (secondary N) is 3. The summed E-state index contributed by atoms with van der Waals surface area (Å²) in [5, 5.41) is 14.6. The Morgan fingerprint density at radius 1 is 0.579 bits per heavy atom. The van der Waals surface area contributed by atoms with Crippen molar-refractivity contribution >= 4 is 29.1 Å². The van der Waals surface area contributed by atoms with Gasteiger partial charge in [0.05, 0.1) is 14.2 Å². The van der Waals surface area contributed by atoms with Gasteiger partial charge in [0.2, 0.25) is 0 Å². The highest BCUT2D eigenvalue weighted by Crippen LogP contribution is 2.29. The molecule has 0 aliphatic carbocycles. The molecule has 0 spiro atoms. The molecule has 192 valence electrons. The summed E-state index contributed by atoms with van der Waals surface area (Å²) in [6.45, 7) is 0. The maximum Gasteiger partial charge on any atom is 0.274 e. The van der Waals surface area contributed by atoms with Crippen LogP contribution in [0.5, 0.6) is 11.5 Å². The molecule has 4 aromatic carbocycles. The van der Waals surface area contributed by atoms with Gasteiger partial charge in [0.25, 0.3) is 17.7 Å². The fourth-order valence-corrected chi connectivity index (χ4v) is 3.78. The summed E-state index contributed by atoms with van der Waals surface area (Å²) < 4.78 is 10.5. The molecule has 0 unspecified atom stereocenters. The second-order valence-corrected chi connectivity index (χ2v) is 8.16. The number of benzene rings is 4. The highest BCUT2D eigenvalue weighted by atomic mass is 16.5. The number of anilines is 2. The Hall–Kier alpha value is -5.15. The maximum atomic E-state index is 13.1. The zero-order valence-corrected chi connectivity index (χ0v) is 20.6. The fraction of sp³-hybridized carbons (Fsp3) is 0.0690. The van der Waals surface area contributed by atoms with Gasteiger partial charge in [-0.05, 0) is 71.8 Å². The van der Waals surface area contributed by atoms with Crippen LogP contribution >= 0.6 is 0 Å². The van der Waals surface area contributed by atoms with Gasteiger partial charge in [-0.1, -0.05) is 30.3 Å². The second-order valence-electron chi connectivity index (χ2n) is 8.16. The summed E-state index contributed by atoms with van der Waals surface area (Å²) in [6, 6.07) is 25.2. The molecule has 0 radical (unpaired) electrons.